The van der Waals surface area contributed by atoms with Gasteiger partial charge in [0.25, 0.3) is 5.91 Å². The Labute approximate surface area is 199 Å². The van der Waals surface area contributed by atoms with Crippen LogP contribution in [-0.4, -0.2) is 42.8 Å². The van der Waals surface area contributed by atoms with Gasteiger partial charge in [-0.2, -0.15) is 0 Å². The van der Waals surface area contributed by atoms with Gasteiger partial charge in [-0.05, 0) is 62.2 Å². The molecule has 1 heterocycles. The van der Waals surface area contributed by atoms with E-state index in [9.17, 15) is 9.59 Å². The van der Waals surface area contributed by atoms with E-state index in [-0.39, 0.29) is 11.7 Å². The molecule has 5 nitrogen and oxygen atoms in total. The molecule has 1 amide bonds. The third kappa shape index (κ3) is 5.06. The number of Topliss-reactive ketones (excluding diaryl/α,β-unsaturated/α-hetero) is 1. The van der Waals surface area contributed by atoms with Crippen LogP contribution < -0.4 is 10.6 Å². The first-order chi connectivity index (χ1) is 15.8. The van der Waals surface area contributed by atoms with Gasteiger partial charge >= 0.3 is 0 Å². The van der Waals surface area contributed by atoms with Crippen molar-refractivity contribution in [1.29, 1.82) is 0 Å². The highest BCUT2D eigenvalue weighted by molar-refractivity contribution is 7.99. The summed E-state index contributed by atoms with van der Waals surface area (Å²) in [7, 11) is 0. The van der Waals surface area contributed by atoms with Gasteiger partial charge in [0, 0.05) is 58.5 Å². The van der Waals surface area contributed by atoms with Gasteiger partial charge in [-0.1, -0.05) is 42.1 Å². The fourth-order valence-corrected chi connectivity index (χ4v) is 5.15. The molecule has 0 radical (unpaired) electrons. The summed E-state index contributed by atoms with van der Waals surface area (Å²) in [4.78, 5) is 31.0. The number of benzene rings is 3. The summed E-state index contributed by atoms with van der Waals surface area (Å²) in [5.74, 6) is 0.0199. The molecule has 1 aliphatic rings. The molecular weight excluding hydrogens is 430 g/mol. The summed E-state index contributed by atoms with van der Waals surface area (Å²) in [5, 5.41) is 0. The number of rotatable bonds is 5. The van der Waals surface area contributed by atoms with Crippen LogP contribution >= 0.6 is 11.8 Å². The van der Waals surface area contributed by atoms with E-state index >= 15 is 0 Å². The Balaban J connectivity index is 1.44. The lowest BCUT2D eigenvalue weighted by Gasteiger charge is -2.37. The van der Waals surface area contributed by atoms with Crippen molar-refractivity contribution in [2.24, 2.45) is 0 Å². The summed E-state index contributed by atoms with van der Waals surface area (Å²) in [6, 6.07) is 19.4. The molecule has 170 valence electrons. The number of amides is 1. The molecule has 3 aromatic rings. The van der Waals surface area contributed by atoms with Gasteiger partial charge in [0.15, 0.2) is 5.78 Å². The number of nitrogen functional groups attached to an aromatic ring is 1. The summed E-state index contributed by atoms with van der Waals surface area (Å²) in [6.45, 7) is 8.76. The van der Waals surface area contributed by atoms with Crippen molar-refractivity contribution in [3.05, 3.63) is 82.9 Å². The van der Waals surface area contributed by atoms with E-state index in [1.165, 1.54) is 28.6 Å². The zero-order valence-corrected chi connectivity index (χ0v) is 20.1. The van der Waals surface area contributed by atoms with Crippen molar-refractivity contribution in [1.82, 2.24) is 4.90 Å². The molecule has 0 aliphatic carbocycles. The van der Waals surface area contributed by atoms with Gasteiger partial charge in [-0.15, -0.1) is 0 Å². The summed E-state index contributed by atoms with van der Waals surface area (Å²) in [5.41, 5.74) is 11.9. The third-order valence-corrected chi connectivity index (χ3v) is 7.18. The maximum Gasteiger partial charge on any atom is 0.254 e. The molecule has 33 heavy (non-hydrogen) atoms. The van der Waals surface area contributed by atoms with E-state index in [2.05, 4.69) is 36.9 Å². The minimum atomic E-state index is 0.00278. The number of hydrogen-bond donors (Lipinski definition) is 1. The van der Waals surface area contributed by atoms with Crippen molar-refractivity contribution < 1.29 is 9.59 Å². The van der Waals surface area contributed by atoms with Crippen LogP contribution in [0.25, 0.3) is 0 Å². The van der Waals surface area contributed by atoms with Gasteiger partial charge in [-0.3, -0.25) is 9.59 Å². The largest absolute Gasteiger partial charge is 0.398 e. The van der Waals surface area contributed by atoms with Gasteiger partial charge in [0.1, 0.15) is 0 Å². The number of carbonyl (C=O) groups is 2. The monoisotopic (exact) mass is 459 g/mol. The lowest BCUT2D eigenvalue weighted by atomic mass is 10.1. The summed E-state index contributed by atoms with van der Waals surface area (Å²) < 4.78 is 0. The first-order valence-electron chi connectivity index (χ1n) is 11.1. The molecule has 1 saturated heterocycles. The maximum atomic E-state index is 13.1. The number of aryl methyl sites for hydroxylation is 2. The lowest BCUT2D eigenvalue weighted by molar-refractivity contribution is 0.0746. The van der Waals surface area contributed by atoms with Crippen LogP contribution in [0.1, 0.15) is 38.8 Å². The Hall–Kier alpha value is -3.25. The fourth-order valence-electron chi connectivity index (χ4n) is 4.13. The molecular formula is C27H29N3O2S. The van der Waals surface area contributed by atoms with E-state index in [1.807, 2.05) is 41.3 Å². The minimum absolute atomic E-state index is 0.00278. The predicted octanol–water partition coefficient (Wildman–Crippen LogP) is 5.20. The highest BCUT2D eigenvalue weighted by atomic mass is 32.2. The first kappa shape index (κ1) is 22.9. The summed E-state index contributed by atoms with van der Waals surface area (Å²) >= 11 is 1.45. The molecule has 4 rings (SSSR count). The standard InChI is InChI=1S/C27H29N3O2S/c1-18-8-9-19(2)24(16-18)29-12-14-30(15-13-29)27(32)21-10-11-26(23(28)17-21)33-25-7-5-4-6-22(25)20(3)31/h4-11,16-17H,12-15,28H2,1-3H3. The normalized spacial score (nSPS) is 13.8. The van der Waals surface area contributed by atoms with Crippen molar-refractivity contribution in [2.75, 3.05) is 36.8 Å². The second kappa shape index (κ2) is 9.71. The number of carbonyl (C=O) groups excluding carboxylic acids is 2. The smallest absolute Gasteiger partial charge is 0.254 e. The average Bonchev–Trinajstić information content (AvgIpc) is 2.82. The molecule has 0 aromatic heterocycles. The van der Waals surface area contributed by atoms with E-state index < -0.39 is 0 Å². The second-order valence-electron chi connectivity index (χ2n) is 8.48. The third-order valence-electron chi connectivity index (χ3n) is 6.02. The van der Waals surface area contributed by atoms with Crippen molar-refractivity contribution in [3.8, 4) is 0 Å². The highest BCUT2D eigenvalue weighted by Gasteiger charge is 2.23. The fraction of sp³-hybridized carbons (Fsp3) is 0.259. The molecule has 0 atom stereocenters. The van der Waals surface area contributed by atoms with Gasteiger partial charge < -0.3 is 15.5 Å². The Morgan fingerprint density at radius 2 is 1.61 bits per heavy atom. The van der Waals surface area contributed by atoms with Crippen molar-refractivity contribution >= 4 is 34.8 Å². The molecule has 3 aromatic carbocycles. The number of piperazine rings is 1. The zero-order valence-electron chi connectivity index (χ0n) is 19.3. The quantitative estimate of drug-likeness (QED) is 0.419. The minimum Gasteiger partial charge on any atom is -0.398 e. The van der Waals surface area contributed by atoms with Crippen LogP contribution in [0, 0.1) is 13.8 Å². The molecule has 0 spiro atoms. The zero-order chi connectivity index (χ0) is 23.5. The van der Waals surface area contributed by atoms with Crippen LogP contribution in [0.4, 0.5) is 11.4 Å². The summed E-state index contributed by atoms with van der Waals surface area (Å²) in [6.07, 6.45) is 0. The van der Waals surface area contributed by atoms with E-state index in [1.54, 1.807) is 13.0 Å². The molecule has 1 fully saturated rings. The molecule has 6 heteroatoms. The van der Waals surface area contributed by atoms with Crippen LogP contribution in [0.2, 0.25) is 0 Å². The topological polar surface area (TPSA) is 66.6 Å². The number of hydrogen-bond acceptors (Lipinski definition) is 5. The van der Waals surface area contributed by atoms with Crippen LogP contribution in [-0.2, 0) is 0 Å². The first-order valence-corrected chi connectivity index (χ1v) is 11.9. The second-order valence-corrected chi connectivity index (χ2v) is 9.56. The highest BCUT2D eigenvalue weighted by Crippen LogP contribution is 2.35. The molecule has 0 bridgehead atoms. The Bertz CT molecular complexity index is 1200. The SMILES string of the molecule is CC(=O)c1ccccc1Sc1ccc(C(=O)N2CCN(c3cc(C)ccc3C)CC2)cc1N. The molecule has 0 unspecified atom stereocenters. The molecule has 0 saturated carbocycles. The van der Waals surface area contributed by atoms with Crippen LogP contribution in [0.5, 0.6) is 0 Å². The lowest BCUT2D eigenvalue weighted by Crippen LogP contribution is -2.49. The Morgan fingerprint density at radius 1 is 0.879 bits per heavy atom. The van der Waals surface area contributed by atoms with Crippen molar-refractivity contribution in [3.63, 3.8) is 0 Å². The van der Waals surface area contributed by atoms with Gasteiger partial charge in [0.05, 0.1) is 0 Å². The van der Waals surface area contributed by atoms with Gasteiger partial charge in [0.2, 0.25) is 0 Å². The van der Waals surface area contributed by atoms with Crippen LogP contribution in [0.3, 0.4) is 0 Å². The number of nitrogens with two attached hydrogens (primary N) is 1. The van der Waals surface area contributed by atoms with Crippen LogP contribution in [0.15, 0.2) is 70.5 Å². The maximum absolute atomic E-state index is 13.1. The van der Waals surface area contributed by atoms with E-state index in [0.717, 1.165) is 22.9 Å². The molecule has 1 aliphatic heterocycles. The number of nitrogens with zero attached hydrogens (tertiary/aromatic N) is 2. The Morgan fingerprint density at radius 3 is 2.30 bits per heavy atom. The molecule has 2 N–H and O–H groups in total. The van der Waals surface area contributed by atoms with E-state index in [0.29, 0.717) is 29.9 Å². The van der Waals surface area contributed by atoms with Crippen molar-refractivity contribution in [2.45, 2.75) is 30.6 Å². The van der Waals surface area contributed by atoms with E-state index in [4.69, 9.17) is 5.73 Å². The number of anilines is 2. The predicted molar refractivity (Wildman–Crippen MR) is 135 cm³/mol. The Kier molecular flexibility index (Phi) is 6.75. The number of ketones is 1. The average molecular weight is 460 g/mol. The van der Waals surface area contributed by atoms with Gasteiger partial charge in [-0.25, -0.2) is 0 Å².